The number of hydrogen-bond acceptors (Lipinski definition) is 4. The van der Waals surface area contributed by atoms with E-state index in [2.05, 4.69) is 10.1 Å². The first-order chi connectivity index (χ1) is 11.0. The number of aromatic nitrogens is 3. The van der Waals surface area contributed by atoms with E-state index in [1.165, 1.54) is 17.4 Å². The first kappa shape index (κ1) is 15.2. The summed E-state index contributed by atoms with van der Waals surface area (Å²) in [5, 5.41) is 14.2. The number of rotatable bonds is 4. The fraction of sp³-hybridized carbons (Fsp3) is 0.118. The van der Waals surface area contributed by atoms with Crippen LogP contribution in [0.25, 0.3) is 22.5 Å². The Bertz CT molecular complexity index is 878. The molecule has 116 valence electrons. The maximum atomic E-state index is 10.9. The van der Waals surface area contributed by atoms with Crippen molar-refractivity contribution in [2.24, 2.45) is 0 Å². The predicted molar refractivity (Wildman–Crippen MR) is 90.7 cm³/mol. The van der Waals surface area contributed by atoms with Gasteiger partial charge in [0.25, 0.3) is 0 Å². The number of nitrogens with zero attached hydrogens (tertiary/aromatic N) is 3. The monoisotopic (exact) mass is 325 g/mol. The van der Waals surface area contributed by atoms with Crippen LogP contribution < -0.4 is 0 Å². The van der Waals surface area contributed by atoms with Crippen molar-refractivity contribution >= 4 is 22.9 Å². The zero-order valence-corrected chi connectivity index (χ0v) is 13.5. The average molecular weight is 325 g/mol. The van der Waals surface area contributed by atoms with Crippen molar-refractivity contribution in [1.29, 1.82) is 0 Å². The number of carbonyl (C=O) groups is 1. The first-order valence-electron chi connectivity index (χ1n) is 7.04. The summed E-state index contributed by atoms with van der Waals surface area (Å²) < 4.78 is 1.78. The fourth-order valence-electron chi connectivity index (χ4n) is 2.31. The molecule has 0 fully saturated rings. The van der Waals surface area contributed by atoms with Gasteiger partial charge >= 0.3 is 5.97 Å². The molecule has 2 aromatic heterocycles. The van der Waals surface area contributed by atoms with E-state index in [-0.39, 0.29) is 0 Å². The zero-order chi connectivity index (χ0) is 16.4. The summed E-state index contributed by atoms with van der Waals surface area (Å²) in [6.45, 7) is 3.69. The van der Waals surface area contributed by atoms with E-state index in [0.29, 0.717) is 5.57 Å². The van der Waals surface area contributed by atoms with E-state index in [4.69, 9.17) is 5.11 Å². The molecule has 3 rings (SSSR count). The van der Waals surface area contributed by atoms with Crippen LogP contribution in [0.4, 0.5) is 0 Å². The lowest BCUT2D eigenvalue weighted by Crippen LogP contribution is -1.92. The van der Waals surface area contributed by atoms with Crippen molar-refractivity contribution in [1.82, 2.24) is 14.8 Å². The maximum Gasteiger partial charge on any atom is 0.328 e. The van der Waals surface area contributed by atoms with Crippen LogP contribution in [0.1, 0.15) is 16.8 Å². The Kier molecular flexibility index (Phi) is 4.08. The summed E-state index contributed by atoms with van der Waals surface area (Å²) in [4.78, 5) is 16.3. The van der Waals surface area contributed by atoms with Gasteiger partial charge in [0.2, 0.25) is 0 Å². The van der Waals surface area contributed by atoms with Gasteiger partial charge in [-0.3, -0.25) is 0 Å². The van der Waals surface area contributed by atoms with Gasteiger partial charge in [-0.2, -0.15) is 5.10 Å². The predicted octanol–water partition coefficient (Wildman–Crippen LogP) is 3.79. The van der Waals surface area contributed by atoms with E-state index in [9.17, 15) is 4.79 Å². The second kappa shape index (κ2) is 6.18. The van der Waals surface area contributed by atoms with E-state index < -0.39 is 5.97 Å². The lowest BCUT2D eigenvalue weighted by atomic mass is 10.1. The van der Waals surface area contributed by atoms with Gasteiger partial charge in [-0.25, -0.2) is 14.5 Å². The number of thiazole rings is 1. The van der Waals surface area contributed by atoms with Crippen molar-refractivity contribution in [2.45, 2.75) is 13.8 Å². The molecule has 0 amide bonds. The highest BCUT2D eigenvalue weighted by Crippen LogP contribution is 2.33. The number of carboxylic acids is 1. The molecule has 0 atom stereocenters. The van der Waals surface area contributed by atoms with Gasteiger partial charge in [0.1, 0.15) is 0 Å². The van der Waals surface area contributed by atoms with Crippen LogP contribution in [0.3, 0.4) is 0 Å². The number of para-hydroxylation sites is 1. The molecule has 6 heteroatoms. The summed E-state index contributed by atoms with van der Waals surface area (Å²) >= 11 is 1.48. The summed E-state index contributed by atoms with van der Waals surface area (Å²) in [7, 11) is 0. The van der Waals surface area contributed by atoms with Gasteiger partial charge in [0.15, 0.2) is 0 Å². The molecule has 0 aliphatic heterocycles. The summed E-state index contributed by atoms with van der Waals surface area (Å²) in [6, 6.07) is 9.80. The van der Waals surface area contributed by atoms with E-state index in [0.717, 1.165) is 26.8 Å². The van der Waals surface area contributed by atoms with Crippen LogP contribution in [0, 0.1) is 6.92 Å². The molecule has 0 unspecified atom stereocenters. The molecule has 1 N–H and O–H groups in total. The number of carboxylic acid groups (broad SMARTS) is 1. The highest BCUT2D eigenvalue weighted by atomic mass is 32.1. The standard InChI is InChI=1S/C17H15N3O2S/c1-11(8-15(21)22)17-16(19-12(2)23-17)13-9-18-20(10-13)14-6-4-3-5-7-14/h3-10H,1-2H3,(H,21,22)/b11-8+. The smallest absolute Gasteiger partial charge is 0.328 e. The highest BCUT2D eigenvalue weighted by Gasteiger charge is 2.15. The highest BCUT2D eigenvalue weighted by molar-refractivity contribution is 7.13. The second-order valence-corrected chi connectivity index (χ2v) is 6.29. The molecular weight excluding hydrogens is 310 g/mol. The van der Waals surface area contributed by atoms with Gasteiger partial charge < -0.3 is 5.11 Å². The van der Waals surface area contributed by atoms with Gasteiger partial charge in [-0.05, 0) is 31.6 Å². The summed E-state index contributed by atoms with van der Waals surface area (Å²) in [5.41, 5.74) is 3.28. The molecule has 5 nitrogen and oxygen atoms in total. The third-order valence-corrected chi connectivity index (χ3v) is 4.42. The molecule has 0 saturated heterocycles. The Morgan fingerprint density at radius 3 is 2.74 bits per heavy atom. The van der Waals surface area contributed by atoms with Gasteiger partial charge in [-0.15, -0.1) is 11.3 Å². The van der Waals surface area contributed by atoms with Crippen molar-refractivity contribution in [3.05, 3.63) is 58.7 Å². The van der Waals surface area contributed by atoms with Crippen LogP contribution in [-0.2, 0) is 4.79 Å². The Hall–Kier alpha value is -2.73. The van der Waals surface area contributed by atoms with E-state index >= 15 is 0 Å². The molecule has 23 heavy (non-hydrogen) atoms. The molecule has 0 aliphatic rings. The zero-order valence-electron chi connectivity index (χ0n) is 12.7. The van der Waals surface area contributed by atoms with Crippen molar-refractivity contribution < 1.29 is 9.90 Å². The third kappa shape index (κ3) is 3.22. The topological polar surface area (TPSA) is 68.0 Å². The molecule has 0 aliphatic carbocycles. The molecule has 3 aromatic rings. The Balaban J connectivity index is 2.03. The van der Waals surface area contributed by atoms with Crippen molar-refractivity contribution in [3.8, 4) is 16.9 Å². The van der Waals surface area contributed by atoms with E-state index in [1.807, 2.05) is 43.5 Å². The van der Waals surface area contributed by atoms with Crippen molar-refractivity contribution in [3.63, 3.8) is 0 Å². The molecule has 0 radical (unpaired) electrons. The minimum atomic E-state index is -0.959. The lowest BCUT2D eigenvalue weighted by molar-refractivity contribution is -0.131. The van der Waals surface area contributed by atoms with Gasteiger partial charge in [0, 0.05) is 17.8 Å². The van der Waals surface area contributed by atoms with E-state index in [1.54, 1.807) is 17.8 Å². The third-order valence-electron chi connectivity index (χ3n) is 3.31. The van der Waals surface area contributed by atoms with Crippen LogP contribution in [0.5, 0.6) is 0 Å². The van der Waals surface area contributed by atoms with Crippen LogP contribution in [0.15, 0.2) is 48.8 Å². The SMILES string of the molecule is C/C(=C\C(=O)O)c1sc(C)nc1-c1cnn(-c2ccccc2)c1. The number of benzene rings is 1. The van der Waals surface area contributed by atoms with Gasteiger partial charge in [-0.1, -0.05) is 18.2 Å². The van der Waals surface area contributed by atoms with Crippen LogP contribution in [0.2, 0.25) is 0 Å². The second-order valence-electron chi connectivity index (χ2n) is 5.09. The minimum absolute atomic E-state index is 0.686. The largest absolute Gasteiger partial charge is 0.478 e. The number of allylic oxidation sites excluding steroid dienone is 1. The summed E-state index contributed by atoms with van der Waals surface area (Å²) in [6.07, 6.45) is 4.86. The first-order valence-corrected chi connectivity index (χ1v) is 7.86. The molecule has 0 bridgehead atoms. The maximum absolute atomic E-state index is 10.9. The quantitative estimate of drug-likeness (QED) is 0.741. The molecule has 2 heterocycles. The Morgan fingerprint density at radius 2 is 2.04 bits per heavy atom. The minimum Gasteiger partial charge on any atom is -0.478 e. The van der Waals surface area contributed by atoms with Crippen molar-refractivity contribution in [2.75, 3.05) is 0 Å². The van der Waals surface area contributed by atoms with Gasteiger partial charge in [0.05, 0.1) is 27.5 Å². The molecule has 0 spiro atoms. The fourth-order valence-corrected chi connectivity index (χ4v) is 3.22. The van der Waals surface area contributed by atoms with Crippen LogP contribution in [-0.4, -0.2) is 25.8 Å². The Morgan fingerprint density at radius 1 is 1.30 bits per heavy atom. The number of aryl methyl sites for hydroxylation is 1. The normalized spacial score (nSPS) is 11.7. The molecular formula is C17H15N3O2S. The average Bonchev–Trinajstić information content (AvgIpc) is 3.14. The molecule has 1 aromatic carbocycles. The molecule has 0 saturated carbocycles. The lowest BCUT2D eigenvalue weighted by Gasteiger charge is -2.00. The number of hydrogen-bond donors (Lipinski definition) is 1. The van der Waals surface area contributed by atoms with Crippen LogP contribution >= 0.6 is 11.3 Å². The summed E-state index contributed by atoms with van der Waals surface area (Å²) in [5.74, 6) is -0.959. The number of aliphatic carboxylic acids is 1. The Labute approximate surface area is 137 Å².